The molecule has 0 radical (unpaired) electrons. The Labute approximate surface area is 189 Å². The SMILES string of the molecule is CCCN(CC(=O)N1CCc2cc(OC)c(OC)cc2C1C)C(=O)COc1ccccc1. The van der Waals surface area contributed by atoms with Gasteiger partial charge in [0.25, 0.3) is 5.91 Å². The molecular weight excluding hydrogens is 408 g/mol. The predicted octanol–water partition coefficient (Wildman–Crippen LogP) is 3.47. The second kappa shape index (κ2) is 10.9. The number of fused-ring (bicyclic) bond motifs is 1. The van der Waals surface area contributed by atoms with Crippen molar-refractivity contribution in [2.75, 3.05) is 40.5 Å². The molecule has 1 atom stereocenters. The zero-order valence-electron chi connectivity index (χ0n) is 19.3. The van der Waals surface area contributed by atoms with Gasteiger partial charge in [0.1, 0.15) is 5.75 Å². The second-order valence-electron chi connectivity index (χ2n) is 7.84. The fourth-order valence-corrected chi connectivity index (χ4v) is 4.05. The quantitative estimate of drug-likeness (QED) is 0.597. The van der Waals surface area contributed by atoms with Crippen molar-refractivity contribution in [1.82, 2.24) is 9.80 Å². The highest BCUT2D eigenvalue weighted by Gasteiger charge is 2.30. The molecule has 0 fully saturated rings. The minimum atomic E-state index is -0.194. The summed E-state index contributed by atoms with van der Waals surface area (Å²) in [5.74, 6) is 1.71. The zero-order chi connectivity index (χ0) is 23.1. The summed E-state index contributed by atoms with van der Waals surface area (Å²) >= 11 is 0. The van der Waals surface area contributed by atoms with Crippen molar-refractivity contribution in [2.45, 2.75) is 32.7 Å². The predicted molar refractivity (Wildman–Crippen MR) is 122 cm³/mol. The number of methoxy groups -OCH3 is 2. The molecule has 2 amide bonds. The highest BCUT2D eigenvalue weighted by Crippen LogP contribution is 2.37. The summed E-state index contributed by atoms with van der Waals surface area (Å²) in [6, 6.07) is 13.0. The highest BCUT2D eigenvalue weighted by atomic mass is 16.5. The minimum Gasteiger partial charge on any atom is -0.493 e. The lowest BCUT2D eigenvalue weighted by Crippen LogP contribution is -2.47. The van der Waals surface area contributed by atoms with Crippen LogP contribution in [0.15, 0.2) is 42.5 Å². The molecular formula is C25H32N2O5. The molecule has 1 aliphatic heterocycles. The lowest BCUT2D eigenvalue weighted by atomic mass is 9.92. The van der Waals surface area contributed by atoms with Gasteiger partial charge in [0, 0.05) is 13.1 Å². The fraction of sp³-hybridized carbons (Fsp3) is 0.440. The number of para-hydroxylation sites is 1. The first-order valence-corrected chi connectivity index (χ1v) is 11.0. The van der Waals surface area contributed by atoms with Gasteiger partial charge in [0.2, 0.25) is 5.91 Å². The van der Waals surface area contributed by atoms with Crippen LogP contribution in [-0.2, 0) is 16.0 Å². The van der Waals surface area contributed by atoms with Gasteiger partial charge in [-0.2, -0.15) is 0 Å². The van der Waals surface area contributed by atoms with Crippen LogP contribution >= 0.6 is 0 Å². The van der Waals surface area contributed by atoms with Crippen molar-refractivity contribution in [3.63, 3.8) is 0 Å². The topological polar surface area (TPSA) is 68.3 Å². The van der Waals surface area contributed by atoms with Crippen molar-refractivity contribution in [3.8, 4) is 17.2 Å². The smallest absolute Gasteiger partial charge is 0.260 e. The number of rotatable bonds is 9. The summed E-state index contributed by atoms with van der Waals surface area (Å²) in [4.78, 5) is 29.4. The van der Waals surface area contributed by atoms with E-state index in [1.54, 1.807) is 31.3 Å². The molecule has 7 heteroatoms. The lowest BCUT2D eigenvalue weighted by Gasteiger charge is -2.37. The molecule has 32 heavy (non-hydrogen) atoms. The van der Waals surface area contributed by atoms with Crippen molar-refractivity contribution in [2.24, 2.45) is 0 Å². The summed E-state index contributed by atoms with van der Waals surface area (Å²) < 4.78 is 16.4. The number of amides is 2. The Kier molecular flexibility index (Phi) is 7.98. The first-order valence-electron chi connectivity index (χ1n) is 11.0. The van der Waals surface area contributed by atoms with Gasteiger partial charge < -0.3 is 24.0 Å². The summed E-state index contributed by atoms with van der Waals surface area (Å²) in [5, 5.41) is 0. The van der Waals surface area contributed by atoms with Gasteiger partial charge in [-0.25, -0.2) is 0 Å². The lowest BCUT2D eigenvalue weighted by molar-refractivity contribution is -0.143. The maximum atomic E-state index is 13.2. The summed E-state index contributed by atoms with van der Waals surface area (Å²) in [6.07, 6.45) is 1.49. The largest absolute Gasteiger partial charge is 0.493 e. The third kappa shape index (κ3) is 5.33. The van der Waals surface area contributed by atoms with E-state index in [1.165, 1.54) is 0 Å². The van der Waals surface area contributed by atoms with Crippen LogP contribution < -0.4 is 14.2 Å². The van der Waals surface area contributed by atoms with Crippen LogP contribution in [0.2, 0.25) is 0 Å². The van der Waals surface area contributed by atoms with Gasteiger partial charge in [-0.05, 0) is 55.2 Å². The number of carbonyl (C=O) groups excluding carboxylic acids is 2. The normalized spacial score (nSPS) is 15.0. The first-order chi connectivity index (χ1) is 15.5. The Morgan fingerprint density at radius 3 is 2.44 bits per heavy atom. The molecule has 1 aliphatic rings. The second-order valence-corrected chi connectivity index (χ2v) is 7.84. The summed E-state index contributed by atoms with van der Waals surface area (Å²) in [7, 11) is 3.22. The molecule has 0 aromatic heterocycles. The Bertz CT molecular complexity index is 931. The van der Waals surface area contributed by atoms with Gasteiger partial charge in [-0.3, -0.25) is 9.59 Å². The zero-order valence-corrected chi connectivity index (χ0v) is 19.3. The average molecular weight is 441 g/mol. The summed E-state index contributed by atoms with van der Waals surface area (Å²) in [6.45, 7) is 5.04. The van der Waals surface area contributed by atoms with Crippen LogP contribution in [-0.4, -0.2) is 62.1 Å². The number of hydrogen-bond donors (Lipinski definition) is 0. The first kappa shape index (κ1) is 23.4. The number of nitrogens with zero attached hydrogens (tertiary/aromatic N) is 2. The molecule has 1 heterocycles. The van der Waals surface area contributed by atoms with E-state index in [4.69, 9.17) is 14.2 Å². The Balaban J connectivity index is 1.68. The Morgan fingerprint density at radius 1 is 1.09 bits per heavy atom. The van der Waals surface area contributed by atoms with E-state index < -0.39 is 0 Å². The fourth-order valence-electron chi connectivity index (χ4n) is 4.05. The molecule has 7 nitrogen and oxygen atoms in total. The van der Waals surface area contributed by atoms with Crippen LogP contribution in [0.25, 0.3) is 0 Å². The third-order valence-electron chi connectivity index (χ3n) is 5.78. The Morgan fingerprint density at radius 2 is 1.78 bits per heavy atom. The van der Waals surface area contributed by atoms with Crippen LogP contribution in [0, 0.1) is 0 Å². The third-order valence-corrected chi connectivity index (χ3v) is 5.78. The molecule has 0 spiro atoms. The van der Waals surface area contributed by atoms with Crippen molar-refractivity contribution in [1.29, 1.82) is 0 Å². The van der Waals surface area contributed by atoms with Crippen LogP contribution in [0.4, 0.5) is 0 Å². The number of hydrogen-bond acceptors (Lipinski definition) is 5. The van der Waals surface area contributed by atoms with Crippen molar-refractivity contribution >= 4 is 11.8 Å². The van der Waals surface area contributed by atoms with Crippen molar-refractivity contribution < 1.29 is 23.8 Å². The highest BCUT2D eigenvalue weighted by molar-refractivity contribution is 5.86. The monoisotopic (exact) mass is 440 g/mol. The number of carbonyl (C=O) groups is 2. The molecule has 0 bridgehead atoms. The molecule has 0 saturated carbocycles. The molecule has 1 unspecified atom stereocenters. The maximum absolute atomic E-state index is 13.2. The average Bonchev–Trinajstić information content (AvgIpc) is 2.82. The molecule has 2 aromatic rings. The van der Waals surface area contributed by atoms with Gasteiger partial charge in [-0.1, -0.05) is 25.1 Å². The van der Waals surface area contributed by atoms with Gasteiger partial charge in [-0.15, -0.1) is 0 Å². The van der Waals surface area contributed by atoms with Crippen LogP contribution in [0.1, 0.15) is 37.4 Å². The van der Waals surface area contributed by atoms with E-state index in [0.29, 0.717) is 30.3 Å². The molecule has 172 valence electrons. The molecule has 3 rings (SSSR count). The minimum absolute atomic E-state index is 0.0395. The van der Waals surface area contributed by atoms with E-state index in [2.05, 4.69) is 0 Å². The van der Waals surface area contributed by atoms with E-state index in [9.17, 15) is 9.59 Å². The summed E-state index contributed by atoms with van der Waals surface area (Å²) in [5.41, 5.74) is 2.19. The number of benzene rings is 2. The van der Waals surface area contributed by atoms with Crippen LogP contribution in [0.3, 0.4) is 0 Å². The standard InChI is InChI=1S/C25H32N2O5/c1-5-12-26(25(29)17-32-20-9-7-6-8-10-20)16-24(28)27-13-11-19-14-22(30-3)23(31-4)15-21(19)18(27)2/h6-10,14-15,18H,5,11-13,16-17H2,1-4H3. The van der Waals surface area contributed by atoms with E-state index in [1.807, 2.05) is 49.1 Å². The molecule has 2 aromatic carbocycles. The van der Waals surface area contributed by atoms with Crippen molar-refractivity contribution in [3.05, 3.63) is 53.6 Å². The van der Waals surface area contributed by atoms with Gasteiger partial charge in [0.05, 0.1) is 26.8 Å². The van der Waals surface area contributed by atoms with Gasteiger partial charge >= 0.3 is 0 Å². The molecule has 0 N–H and O–H groups in total. The van der Waals surface area contributed by atoms with E-state index in [0.717, 1.165) is 24.0 Å². The Hall–Kier alpha value is -3.22. The van der Waals surface area contributed by atoms with Crippen LogP contribution in [0.5, 0.6) is 17.2 Å². The van der Waals surface area contributed by atoms with E-state index in [-0.39, 0.29) is 31.0 Å². The maximum Gasteiger partial charge on any atom is 0.260 e. The molecule has 0 saturated heterocycles. The number of ether oxygens (including phenoxy) is 3. The van der Waals surface area contributed by atoms with Gasteiger partial charge in [0.15, 0.2) is 18.1 Å². The molecule has 0 aliphatic carbocycles. The van der Waals surface area contributed by atoms with E-state index >= 15 is 0 Å².